The number of nitrogens with zero attached hydrogens (tertiary/aromatic N) is 2. The summed E-state index contributed by atoms with van der Waals surface area (Å²) in [6.07, 6.45) is 0. The molecule has 0 heterocycles. The van der Waals surface area contributed by atoms with Crippen LogP contribution >= 0.6 is 0 Å². The molecule has 0 unspecified atom stereocenters. The van der Waals surface area contributed by atoms with E-state index in [0.29, 0.717) is 0 Å². The smallest absolute Gasteiger partial charge is 0.356 e. The van der Waals surface area contributed by atoms with Crippen molar-refractivity contribution in [3.05, 3.63) is 30.6 Å². The van der Waals surface area contributed by atoms with Crippen LogP contribution in [0.25, 0.3) is 0 Å². The molecule has 0 aliphatic rings. The fraction of sp³-hybridized carbons (Fsp3) is 0. The molecular formula is H3Ce2N3O6+4. The van der Waals surface area contributed by atoms with Crippen LogP contribution in [0.3, 0.4) is 0 Å². The second-order valence-electron chi connectivity index (χ2n) is 0.447. The molecule has 58 valence electrons. The Morgan fingerprint density at radius 3 is 0.727 bits per heavy atom. The Kier molecular flexibility index (Phi) is 60.4. The van der Waals surface area contributed by atoms with Crippen LogP contribution in [0.15, 0.2) is 0 Å². The van der Waals surface area contributed by atoms with Crippen LogP contribution in [0.5, 0.6) is 0 Å². The molecule has 2 radical (unpaired) electrons. The van der Waals surface area contributed by atoms with Crippen molar-refractivity contribution in [1.29, 1.82) is 0 Å². The summed E-state index contributed by atoms with van der Waals surface area (Å²) in [5, 5.41) is 29.5. The molecule has 0 aromatic rings. The van der Waals surface area contributed by atoms with Crippen molar-refractivity contribution >= 4 is 0 Å². The molecule has 0 saturated carbocycles. The van der Waals surface area contributed by atoms with Crippen LogP contribution in [0, 0.1) is 114 Å². The summed E-state index contributed by atoms with van der Waals surface area (Å²) in [7, 11) is 0. The average Bonchev–Trinajstić information content (AvgIpc) is 1.25. The molecule has 0 atom stereocenters. The largest absolute Gasteiger partial charge is 3.00 e. The van der Waals surface area contributed by atoms with Gasteiger partial charge >= 0.3 is 83.5 Å². The van der Waals surface area contributed by atoms with Crippen LogP contribution in [0.4, 0.5) is 0 Å². The average molecular weight is 421 g/mol. The van der Waals surface area contributed by atoms with Crippen LogP contribution in [0.2, 0.25) is 0 Å². The summed E-state index contributed by atoms with van der Waals surface area (Å²) in [5.41, 5.74) is 0. The van der Waals surface area contributed by atoms with E-state index < -0.39 is 10.2 Å². The third kappa shape index (κ3) is 745. The van der Waals surface area contributed by atoms with Gasteiger partial charge in [-0.3, -0.25) is 0 Å². The maximum absolute atomic E-state index is 8.25. The normalized spacial score (nSPS) is 4.36. The Balaban J connectivity index is -0.0000000171. The van der Waals surface area contributed by atoms with E-state index in [1.165, 1.54) is 0 Å². The minimum atomic E-state index is -1.75. The van der Waals surface area contributed by atoms with Crippen molar-refractivity contribution in [3.8, 4) is 0 Å². The quantitative estimate of drug-likeness (QED) is 0.413. The summed E-state index contributed by atoms with van der Waals surface area (Å²) >= 11 is 0. The van der Waals surface area contributed by atoms with E-state index in [1.54, 1.807) is 0 Å². The van der Waals surface area contributed by atoms with E-state index in [4.69, 9.17) is 30.6 Å². The minimum absolute atomic E-state index is 0. The molecule has 0 amide bonds. The molecule has 0 aromatic heterocycles. The van der Waals surface area contributed by atoms with E-state index in [0.717, 1.165) is 0 Å². The molecule has 0 spiro atoms. The standard InChI is InChI=1S/2Ce.2NO3.H3N/c;;2*2-1(3)4;/h;;;;1H3/q2*+3;2*-1;. The van der Waals surface area contributed by atoms with Gasteiger partial charge in [-0.05, 0) is 0 Å². The summed E-state index contributed by atoms with van der Waals surface area (Å²) in [6, 6.07) is 0. The van der Waals surface area contributed by atoms with Gasteiger partial charge in [0.2, 0.25) is 0 Å². The summed E-state index contributed by atoms with van der Waals surface area (Å²) < 4.78 is 0. The fourth-order valence-corrected chi connectivity index (χ4v) is 0. The molecule has 0 aromatic carbocycles. The third-order valence-electron chi connectivity index (χ3n) is 0. The van der Waals surface area contributed by atoms with Gasteiger partial charge in [-0.15, -0.1) is 0 Å². The van der Waals surface area contributed by atoms with Crippen molar-refractivity contribution in [2.75, 3.05) is 0 Å². The Hall–Kier alpha value is 1.11. The molecule has 9 nitrogen and oxygen atoms in total. The first-order chi connectivity index (χ1) is 3.46. The van der Waals surface area contributed by atoms with E-state index in [2.05, 4.69) is 0 Å². The second-order valence-corrected chi connectivity index (χ2v) is 0.447. The predicted molar refractivity (Wildman–Crippen MR) is 25.7 cm³/mol. The first-order valence-electron chi connectivity index (χ1n) is 1.10. The van der Waals surface area contributed by atoms with Gasteiger partial charge < -0.3 is 36.8 Å². The molecule has 0 saturated heterocycles. The topological polar surface area (TPSA) is 167 Å². The Morgan fingerprint density at radius 2 is 0.727 bits per heavy atom. The van der Waals surface area contributed by atoms with Crippen LogP contribution in [0.1, 0.15) is 0 Å². The zero-order chi connectivity index (χ0) is 7.15. The monoisotopic (exact) mass is 421 g/mol. The maximum Gasteiger partial charge on any atom is 3.00 e. The van der Waals surface area contributed by atoms with Crippen molar-refractivity contribution in [2.24, 2.45) is 0 Å². The first kappa shape index (κ1) is 29.6. The van der Waals surface area contributed by atoms with Gasteiger partial charge in [-0.25, -0.2) is 0 Å². The molecule has 0 bridgehead atoms. The predicted octanol–water partition coefficient (Wildman–Crippen LogP) is -0.316. The Morgan fingerprint density at radius 1 is 0.727 bits per heavy atom. The van der Waals surface area contributed by atoms with E-state index in [1.807, 2.05) is 0 Å². The van der Waals surface area contributed by atoms with Gasteiger partial charge in [0.15, 0.2) is 0 Å². The van der Waals surface area contributed by atoms with Crippen molar-refractivity contribution in [2.45, 2.75) is 0 Å². The second kappa shape index (κ2) is 22.5. The van der Waals surface area contributed by atoms with E-state index in [9.17, 15) is 0 Å². The van der Waals surface area contributed by atoms with Crippen LogP contribution in [-0.2, 0) is 0 Å². The van der Waals surface area contributed by atoms with Gasteiger partial charge in [0.25, 0.3) is 0 Å². The third-order valence-corrected chi connectivity index (χ3v) is 0. The number of rotatable bonds is 0. The molecule has 11 heteroatoms. The van der Waals surface area contributed by atoms with E-state index in [-0.39, 0.29) is 89.6 Å². The van der Waals surface area contributed by atoms with Gasteiger partial charge in [0, 0.05) is 0 Å². The zero-order valence-electron chi connectivity index (χ0n) is 5.05. The molecule has 0 aliphatic heterocycles. The Bertz CT molecular complexity index is 73.8. The first-order valence-corrected chi connectivity index (χ1v) is 1.10. The maximum atomic E-state index is 8.25. The summed E-state index contributed by atoms with van der Waals surface area (Å²) in [5.74, 6) is 0. The van der Waals surface area contributed by atoms with E-state index >= 15 is 0 Å². The minimum Gasteiger partial charge on any atom is -0.356 e. The van der Waals surface area contributed by atoms with Crippen molar-refractivity contribution < 1.29 is 93.7 Å². The SMILES string of the molecule is N.O=[N+]([O-])[O-].O=[N+]([O-])[O-].[Ce+3].[Ce+3]. The van der Waals surface area contributed by atoms with Gasteiger partial charge in [0.1, 0.15) is 0 Å². The van der Waals surface area contributed by atoms with Crippen molar-refractivity contribution in [1.82, 2.24) is 6.15 Å². The molecule has 3 N–H and O–H groups in total. The van der Waals surface area contributed by atoms with Gasteiger partial charge in [0.05, 0.1) is 10.2 Å². The summed E-state index contributed by atoms with van der Waals surface area (Å²) in [6.45, 7) is 0. The zero-order valence-corrected chi connectivity index (χ0v) is 11.3. The summed E-state index contributed by atoms with van der Waals surface area (Å²) in [4.78, 5) is 16.5. The number of hydrogen-bond acceptors (Lipinski definition) is 7. The molecular weight excluding hydrogens is 418 g/mol. The van der Waals surface area contributed by atoms with Crippen molar-refractivity contribution in [3.63, 3.8) is 0 Å². The fourth-order valence-electron chi connectivity index (χ4n) is 0. The Labute approximate surface area is 128 Å². The molecule has 0 fully saturated rings. The molecule has 0 aliphatic carbocycles. The number of hydrogen-bond donors (Lipinski definition) is 1. The van der Waals surface area contributed by atoms with Crippen LogP contribution in [-0.4, -0.2) is 10.2 Å². The van der Waals surface area contributed by atoms with Crippen LogP contribution < -0.4 is 6.15 Å². The van der Waals surface area contributed by atoms with Gasteiger partial charge in [-0.1, -0.05) is 0 Å². The molecule has 11 heavy (non-hydrogen) atoms. The van der Waals surface area contributed by atoms with Gasteiger partial charge in [-0.2, -0.15) is 0 Å². The molecule has 0 rings (SSSR count).